The van der Waals surface area contributed by atoms with E-state index in [-0.39, 0.29) is 19.0 Å². The number of fused-ring (bicyclic) bond motifs is 2. The number of hydrogen-bond donors (Lipinski definition) is 2. The summed E-state index contributed by atoms with van der Waals surface area (Å²) < 4.78 is 1.55. The van der Waals surface area contributed by atoms with Gasteiger partial charge < -0.3 is 10.0 Å². The number of anilines is 1. The fraction of sp³-hybridized carbons (Fsp3) is 0.129. The highest BCUT2D eigenvalue weighted by molar-refractivity contribution is 14.1. The molecule has 9 heteroatoms. The van der Waals surface area contributed by atoms with Crippen LogP contribution in [-0.2, 0) is 29.1 Å². The molecule has 0 radical (unpaired) electrons. The summed E-state index contributed by atoms with van der Waals surface area (Å²) in [4.78, 5) is 38.4. The number of carbonyl (C=O) groups excluding carboxylic acids is 2. The second-order valence-electron chi connectivity index (χ2n) is 9.41. The molecule has 40 heavy (non-hydrogen) atoms. The maximum Gasteiger partial charge on any atom is 0.394 e. The molecule has 2 amide bonds. The molecule has 1 aliphatic heterocycles. The van der Waals surface area contributed by atoms with Gasteiger partial charge in [0.15, 0.2) is 0 Å². The van der Waals surface area contributed by atoms with E-state index in [9.17, 15) is 19.5 Å². The van der Waals surface area contributed by atoms with Crippen LogP contribution in [-0.4, -0.2) is 34.3 Å². The van der Waals surface area contributed by atoms with Gasteiger partial charge in [0.2, 0.25) is 0 Å². The van der Waals surface area contributed by atoms with Crippen LogP contribution in [0.5, 0.6) is 0 Å². The Morgan fingerprint density at radius 1 is 0.900 bits per heavy atom. The van der Waals surface area contributed by atoms with Crippen molar-refractivity contribution < 1.29 is 19.5 Å². The first-order chi connectivity index (χ1) is 19.3. The first kappa shape index (κ1) is 27.9. The summed E-state index contributed by atoms with van der Waals surface area (Å²) in [5, 5.41) is 11.2. The molecule has 4 aromatic carbocycles. The number of amides is 2. The van der Waals surface area contributed by atoms with E-state index in [0.717, 1.165) is 21.2 Å². The van der Waals surface area contributed by atoms with Gasteiger partial charge in [0, 0.05) is 33.2 Å². The number of benzene rings is 4. The minimum absolute atomic E-state index is 0.0707. The lowest BCUT2D eigenvalue weighted by Gasteiger charge is -2.30. The predicted molar refractivity (Wildman–Crippen MR) is 166 cm³/mol. The summed E-state index contributed by atoms with van der Waals surface area (Å²) in [6.07, 6.45) is 0.800. The van der Waals surface area contributed by atoms with Crippen molar-refractivity contribution in [3.8, 4) is 11.1 Å². The highest BCUT2D eigenvalue weighted by Gasteiger charge is 2.24. The number of carboxylic acid groups (broad SMARTS) is 1. The SMILES string of the molecule is O=C(O)C(=O)N(Cc1ccc(C(=O)NN2CCc3cc2ccc3-c2ccccc2)cc1Br)Cc1ccccc1I. The number of aliphatic carboxylic acids is 1. The van der Waals surface area contributed by atoms with E-state index in [4.69, 9.17) is 0 Å². The second kappa shape index (κ2) is 12.2. The quantitative estimate of drug-likeness (QED) is 0.181. The van der Waals surface area contributed by atoms with Crippen LogP contribution in [0.1, 0.15) is 27.0 Å². The number of carbonyl (C=O) groups is 3. The van der Waals surface area contributed by atoms with Gasteiger partial charge in [-0.2, -0.15) is 0 Å². The van der Waals surface area contributed by atoms with Crippen molar-refractivity contribution >= 4 is 62.0 Å². The first-order valence-corrected chi connectivity index (χ1v) is 14.5. The Hall–Kier alpha value is -3.70. The molecule has 0 aromatic heterocycles. The highest BCUT2D eigenvalue weighted by atomic mass is 127. The zero-order valence-corrected chi connectivity index (χ0v) is 25.1. The normalized spacial score (nSPS) is 12.1. The van der Waals surface area contributed by atoms with Crippen LogP contribution in [0.25, 0.3) is 11.1 Å². The molecule has 0 aliphatic carbocycles. The van der Waals surface area contributed by atoms with Gasteiger partial charge in [-0.25, -0.2) is 4.79 Å². The summed E-state index contributed by atoms with van der Waals surface area (Å²) in [5.41, 5.74) is 9.52. The zero-order valence-electron chi connectivity index (χ0n) is 21.3. The van der Waals surface area contributed by atoms with E-state index in [0.29, 0.717) is 22.1 Å². The average Bonchev–Trinajstić information content (AvgIpc) is 2.96. The van der Waals surface area contributed by atoms with E-state index < -0.39 is 11.9 Å². The monoisotopic (exact) mass is 709 g/mol. The van der Waals surface area contributed by atoms with Crippen molar-refractivity contribution in [2.45, 2.75) is 19.5 Å². The molecule has 0 saturated carbocycles. The lowest BCUT2D eigenvalue weighted by molar-refractivity contribution is -0.156. The number of carboxylic acids is 1. The Bertz CT molecular complexity index is 1600. The van der Waals surface area contributed by atoms with E-state index in [1.807, 2.05) is 53.5 Å². The molecule has 1 heterocycles. The largest absolute Gasteiger partial charge is 0.474 e. The lowest BCUT2D eigenvalue weighted by Crippen LogP contribution is -2.45. The fourth-order valence-corrected chi connectivity index (χ4v) is 5.77. The molecule has 5 rings (SSSR count). The summed E-state index contributed by atoms with van der Waals surface area (Å²) in [6.45, 7) is 0.873. The van der Waals surface area contributed by atoms with Gasteiger partial charge in [-0.3, -0.25) is 20.0 Å². The molecular formula is C31H25BrIN3O4. The van der Waals surface area contributed by atoms with Crippen molar-refractivity contribution in [3.63, 3.8) is 0 Å². The number of hydrogen-bond acceptors (Lipinski definition) is 4. The van der Waals surface area contributed by atoms with Crippen LogP contribution in [0.4, 0.5) is 5.69 Å². The molecule has 202 valence electrons. The minimum Gasteiger partial charge on any atom is -0.474 e. The van der Waals surface area contributed by atoms with Crippen LogP contribution in [0, 0.1) is 3.57 Å². The van der Waals surface area contributed by atoms with Crippen molar-refractivity contribution in [3.05, 3.63) is 121 Å². The van der Waals surface area contributed by atoms with Crippen LogP contribution in [0.3, 0.4) is 0 Å². The summed E-state index contributed by atoms with van der Waals surface area (Å²) in [6, 6.07) is 29.1. The molecule has 0 saturated heterocycles. The number of hydrazine groups is 1. The molecule has 4 aromatic rings. The van der Waals surface area contributed by atoms with Gasteiger partial charge >= 0.3 is 11.9 Å². The van der Waals surface area contributed by atoms with Crippen molar-refractivity contribution in [2.75, 3.05) is 11.6 Å². The molecule has 0 unspecified atom stereocenters. The maximum atomic E-state index is 13.1. The van der Waals surface area contributed by atoms with E-state index in [1.165, 1.54) is 21.6 Å². The number of nitrogens with zero attached hydrogens (tertiary/aromatic N) is 2. The fourth-order valence-electron chi connectivity index (χ4n) is 4.71. The summed E-state index contributed by atoms with van der Waals surface area (Å²) in [7, 11) is 0. The van der Waals surface area contributed by atoms with E-state index >= 15 is 0 Å². The van der Waals surface area contributed by atoms with Gasteiger partial charge in [-0.05, 0) is 87.2 Å². The molecule has 7 nitrogen and oxygen atoms in total. The van der Waals surface area contributed by atoms with Crippen molar-refractivity contribution in [1.82, 2.24) is 10.3 Å². The third kappa shape index (κ3) is 6.20. The van der Waals surface area contributed by atoms with Crippen molar-refractivity contribution in [1.29, 1.82) is 0 Å². The smallest absolute Gasteiger partial charge is 0.394 e. The standard InChI is InChI=1S/C31H25BrIN3O4/c32-27-17-22(10-11-23(27)18-35(30(38)31(39)40)19-24-8-4-5-9-28(24)33)29(37)34-36-15-14-21-16-25(36)12-13-26(21)20-6-2-1-3-7-20/h1-13,16-17H,14-15,18-19H2,(H,34,37)(H,39,40). The van der Waals surface area contributed by atoms with Crippen LogP contribution < -0.4 is 10.4 Å². The molecular weight excluding hydrogens is 685 g/mol. The molecule has 2 bridgehead atoms. The Balaban J connectivity index is 1.29. The van der Waals surface area contributed by atoms with Crippen LogP contribution in [0.2, 0.25) is 0 Å². The van der Waals surface area contributed by atoms with Crippen LogP contribution >= 0.6 is 38.5 Å². The first-order valence-electron chi connectivity index (χ1n) is 12.6. The van der Waals surface area contributed by atoms with Crippen LogP contribution in [0.15, 0.2) is 95.5 Å². The van der Waals surface area contributed by atoms with Gasteiger partial charge in [0.05, 0.1) is 5.69 Å². The Labute approximate surface area is 254 Å². The average molecular weight is 710 g/mol. The Kier molecular flexibility index (Phi) is 8.51. The predicted octanol–water partition coefficient (Wildman–Crippen LogP) is 6.04. The zero-order chi connectivity index (χ0) is 28.2. The Morgan fingerprint density at radius 3 is 2.35 bits per heavy atom. The lowest BCUT2D eigenvalue weighted by atomic mass is 9.95. The number of nitrogens with one attached hydrogen (secondary N) is 1. The maximum absolute atomic E-state index is 13.1. The van der Waals surface area contributed by atoms with E-state index in [2.05, 4.69) is 68.2 Å². The third-order valence-electron chi connectivity index (χ3n) is 6.79. The third-order valence-corrected chi connectivity index (χ3v) is 8.58. The molecule has 0 spiro atoms. The second-order valence-corrected chi connectivity index (χ2v) is 11.4. The molecule has 0 fully saturated rings. The van der Waals surface area contributed by atoms with E-state index in [1.54, 1.807) is 18.2 Å². The topological polar surface area (TPSA) is 90.0 Å². The van der Waals surface area contributed by atoms with Gasteiger partial charge in [0.1, 0.15) is 0 Å². The summed E-state index contributed by atoms with van der Waals surface area (Å²) >= 11 is 5.68. The molecule has 0 atom stereocenters. The number of rotatable bonds is 7. The molecule has 2 N–H and O–H groups in total. The highest BCUT2D eigenvalue weighted by Crippen LogP contribution is 2.31. The van der Waals surface area contributed by atoms with Gasteiger partial charge in [0.25, 0.3) is 5.91 Å². The van der Waals surface area contributed by atoms with Crippen molar-refractivity contribution in [2.24, 2.45) is 0 Å². The molecule has 1 aliphatic rings. The minimum atomic E-state index is -1.51. The van der Waals surface area contributed by atoms with Gasteiger partial charge in [-0.1, -0.05) is 76.6 Å². The van der Waals surface area contributed by atoms with Gasteiger partial charge in [-0.15, -0.1) is 0 Å². The summed E-state index contributed by atoms with van der Waals surface area (Å²) in [5.74, 6) is -2.77. The number of halogens is 2. The Morgan fingerprint density at radius 2 is 1.62 bits per heavy atom.